The highest BCUT2D eigenvalue weighted by atomic mass is 35.5. The molecule has 0 aromatic heterocycles. The summed E-state index contributed by atoms with van der Waals surface area (Å²) in [4.78, 5) is 13.5. The molecule has 0 aliphatic carbocycles. The van der Waals surface area contributed by atoms with Crippen LogP contribution in [-0.2, 0) is 17.9 Å². The average molecular weight is 425 g/mol. The van der Waals surface area contributed by atoms with E-state index in [0.717, 1.165) is 38.0 Å². The van der Waals surface area contributed by atoms with E-state index in [4.69, 9.17) is 27.9 Å². The molecule has 1 saturated heterocycles. The number of hydrogen-bond acceptors (Lipinski definition) is 3. The van der Waals surface area contributed by atoms with Crippen molar-refractivity contribution in [2.24, 2.45) is 0 Å². The third-order valence-electron chi connectivity index (χ3n) is 4.72. The summed E-state index contributed by atoms with van der Waals surface area (Å²) in [6.07, 6.45) is 2.51. The van der Waals surface area contributed by atoms with Crippen molar-refractivity contribution in [2.45, 2.75) is 32.4 Å². The van der Waals surface area contributed by atoms with Crippen molar-refractivity contribution in [3.8, 4) is 5.75 Å². The molecule has 0 saturated carbocycles. The Morgan fingerprint density at radius 2 is 2.07 bits per heavy atom. The zero-order chi connectivity index (χ0) is 19.9. The molecule has 0 spiro atoms. The predicted octanol–water partition coefficient (Wildman–Crippen LogP) is 4.81. The quantitative estimate of drug-likeness (QED) is 0.586. The first-order valence-corrected chi connectivity index (χ1v) is 10.1. The maximum absolute atomic E-state index is 13.9. The van der Waals surface area contributed by atoms with Gasteiger partial charge in [0.15, 0.2) is 0 Å². The van der Waals surface area contributed by atoms with E-state index in [-0.39, 0.29) is 12.5 Å². The minimum atomic E-state index is -0.391. The van der Waals surface area contributed by atoms with Crippen molar-refractivity contribution >= 4 is 29.1 Å². The SMILES string of the molecule is O=C1CCCN1CCCNCc1cc(Cl)ccc1OCc1c(F)cccc1Cl. The van der Waals surface area contributed by atoms with Crippen LogP contribution in [0.3, 0.4) is 0 Å². The second-order valence-corrected chi connectivity index (χ2v) is 7.60. The van der Waals surface area contributed by atoms with E-state index < -0.39 is 5.82 Å². The topological polar surface area (TPSA) is 41.6 Å². The van der Waals surface area contributed by atoms with Gasteiger partial charge in [0.05, 0.1) is 5.02 Å². The molecule has 1 amide bonds. The second-order valence-electron chi connectivity index (χ2n) is 6.76. The van der Waals surface area contributed by atoms with Crippen LogP contribution in [0.15, 0.2) is 36.4 Å². The number of nitrogens with one attached hydrogen (secondary N) is 1. The fourth-order valence-electron chi connectivity index (χ4n) is 3.21. The van der Waals surface area contributed by atoms with Crippen LogP contribution in [0.2, 0.25) is 10.0 Å². The first-order valence-electron chi connectivity index (χ1n) is 9.37. The van der Waals surface area contributed by atoms with E-state index in [1.54, 1.807) is 24.3 Å². The van der Waals surface area contributed by atoms with Gasteiger partial charge in [0, 0.05) is 42.2 Å². The highest BCUT2D eigenvalue weighted by molar-refractivity contribution is 6.31. The van der Waals surface area contributed by atoms with Gasteiger partial charge in [0.2, 0.25) is 5.91 Å². The smallest absolute Gasteiger partial charge is 0.222 e. The van der Waals surface area contributed by atoms with Crippen molar-refractivity contribution < 1.29 is 13.9 Å². The van der Waals surface area contributed by atoms with E-state index in [9.17, 15) is 9.18 Å². The molecule has 1 heterocycles. The number of rotatable bonds is 9. The number of carbonyl (C=O) groups excluding carboxylic acids is 1. The third-order valence-corrected chi connectivity index (χ3v) is 5.31. The van der Waals surface area contributed by atoms with Gasteiger partial charge in [-0.2, -0.15) is 0 Å². The van der Waals surface area contributed by atoms with Crippen molar-refractivity contribution in [1.82, 2.24) is 10.2 Å². The zero-order valence-corrected chi connectivity index (χ0v) is 17.0. The highest BCUT2D eigenvalue weighted by Crippen LogP contribution is 2.26. The van der Waals surface area contributed by atoms with Crippen LogP contribution in [0.5, 0.6) is 5.75 Å². The monoisotopic (exact) mass is 424 g/mol. The Morgan fingerprint density at radius 1 is 1.21 bits per heavy atom. The van der Waals surface area contributed by atoms with Gasteiger partial charge in [0.1, 0.15) is 18.2 Å². The standard InChI is InChI=1S/C21H23Cl2FN2O2/c22-16-7-8-20(28-14-17-18(23)4-1-5-19(17)24)15(12-16)13-25-9-3-11-26-10-2-6-21(26)27/h1,4-5,7-8,12,25H,2-3,6,9-11,13-14H2. The molecule has 2 aromatic rings. The summed E-state index contributed by atoms with van der Waals surface area (Å²) in [5.74, 6) is 0.487. The molecule has 0 radical (unpaired) electrons. The first kappa shape index (κ1) is 20.9. The largest absolute Gasteiger partial charge is 0.488 e. The molecule has 0 unspecified atom stereocenters. The van der Waals surface area contributed by atoms with E-state index in [2.05, 4.69) is 5.32 Å². The maximum atomic E-state index is 13.9. The molecule has 7 heteroatoms. The normalized spacial score (nSPS) is 14.0. The Kier molecular flexibility index (Phi) is 7.54. The Hall–Kier alpha value is -1.82. The fourth-order valence-corrected chi connectivity index (χ4v) is 3.62. The third kappa shape index (κ3) is 5.60. The number of hydrogen-bond donors (Lipinski definition) is 1. The molecule has 0 bridgehead atoms. The van der Waals surface area contributed by atoms with Crippen LogP contribution in [0.25, 0.3) is 0 Å². The van der Waals surface area contributed by atoms with Crippen LogP contribution >= 0.6 is 23.2 Å². The maximum Gasteiger partial charge on any atom is 0.222 e. The number of carbonyl (C=O) groups is 1. The average Bonchev–Trinajstić information content (AvgIpc) is 3.07. The Labute approximate surface area is 174 Å². The summed E-state index contributed by atoms with van der Waals surface area (Å²) < 4.78 is 19.8. The van der Waals surface area contributed by atoms with E-state index in [1.807, 2.05) is 11.0 Å². The number of amides is 1. The van der Waals surface area contributed by atoms with Crippen molar-refractivity contribution in [1.29, 1.82) is 0 Å². The minimum absolute atomic E-state index is 0.0389. The predicted molar refractivity (Wildman–Crippen MR) is 109 cm³/mol. The number of ether oxygens (including phenoxy) is 1. The first-order chi connectivity index (χ1) is 13.5. The lowest BCUT2D eigenvalue weighted by Gasteiger charge is -2.16. The fraction of sp³-hybridized carbons (Fsp3) is 0.381. The second kappa shape index (κ2) is 10.1. The summed E-state index contributed by atoms with van der Waals surface area (Å²) in [7, 11) is 0. The number of halogens is 3. The highest BCUT2D eigenvalue weighted by Gasteiger charge is 2.18. The number of likely N-dealkylation sites (tertiary alicyclic amines) is 1. The lowest BCUT2D eigenvalue weighted by Crippen LogP contribution is -2.28. The van der Waals surface area contributed by atoms with E-state index in [1.165, 1.54) is 6.07 Å². The number of nitrogens with zero attached hydrogens (tertiary/aromatic N) is 1. The van der Waals surface area contributed by atoms with Crippen molar-refractivity contribution in [3.63, 3.8) is 0 Å². The molecule has 3 rings (SSSR count). The van der Waals surface area contributed by atoms with E-state index in [0.29, 0.717) is 34.3 Å². The Morgan fingerprint density at radius 3 is 2.82 bits per heavy atom. The van der Waals surface area contributed by atoms with Gasteiger partial charge in [-0.1, -0.05) is 29.3 Å². The van der Waals surface area contributed by atoms with Gasteiger partial charge in [-0.25, -0.2) is 4.39 Å². The van der Waals surface area contributed by atoms with Crippen LogP contribution in [0, 0.1) is 5.82 Å². The number of benzene rings is 2. The van der Waals surface area contributed by atoms with Gasteiger partial charge in [-0.15, -0.1) is 0 Å². The van der Waals surface area contributed by atoms with Crippen molar-refractivity contribution in [3.05, 3.63) is 63.4 Å². The summed E-state index contributed by atoms with van der Waals surface area (Å²) >= 11 is 12.2. The molecule has 150 valence electrons. The molecule has 0 atom stereocenters. The molecule has 1 N–H and O–H groups in total. The summed E-state index contributed by atoms with van der Waals surface area (Å²) in [5, 5.41) is 4.30. The molecular formula is C21H23Cl2FN2O2. The Bertz CT molecular complexity index is 812. The Balaban J connectivity index is 1.53. The molecule has 1 aliphatic heterocycles. The minimum Gasteiger partial charge on any atom is -0.488 e. The summed E-state index contributed by atoms with van der Waals surface area (Å²) in [5.41, 5.74) is 1.21. The molecule has 28 heavy (non-hydrogen) atoms. The van der Waals surface area contributed by atoms with Gasteiger partial charge < -0.3 is 15.0 Å². The van der Waals surface area contributed by atoms with Crippen LogP contribution < -0.4 is 10.1 Å². The lowest BCUT2D eigenvalue weighted by atomic mass is 10.2. The zero-order valence-electron chi connectivity index (χ0n) is 15.5. The summed E-state index contributed by atoms with van der Waals surface area (Å²) in [6, 6.07) is 9.91. The molecular weight excluding hydrogens is 402 g/mol. The van der Waals surface area contributed by atoms with Gasteiger partial charge in [-0.05, 0) is 49.7 Å². The van der Waals surface area contributed by atoms with Gasteiger partial charge in [0.25, 0.3) is 0 Å². The van der Waals surface area contributed by atoms with Gasteiger partial charge >= 0.3 is 0 Å². The molecule has 4 nitrogen and oxygen atoms in total. The van der Waals surface area contributed by atoms with Gasteiger partial charge in [-0.3, -0.25) is 4.79 Å². The molecule has 2 aromatic carbocycles. The summed E-state index contributed by atoms with van der Waals surface area (Å²) in [6.45, 7) is 3.02. The lowest BCUT2D eigenvalue weighted by molar-refractivity contribution is -0.127. The van der Waals surface area contributed by atoms with Crippen LogP contribution in [0.1, 0.15) is 30.4 Å². The van der Waals surface area contributed by atoms with E-state index >= 15 is 0 Å². The molecule has 1 fully saturated rings. The van der Waals surface area contributed by atoms with Crippen molar-refractivity contribution in [2.75, 3.05) is 19.6 Å². The van der Waals surface area contributed by atoms with Crippen LogP contribution in [0.4, 0.5) is 4.39 Å². The van der Waals surface area contributed by atoms with Crippen LogP contribution in [-0.4, -0.2) is 30.4 Å². The molecule has 1 aliphatic rings.